The number of thiol groups is 1. The van der Waals surface area contributed by atoms with E-state index >= 15 is 0 Å². The number of hydrogen-bond donors (Lipinski definition) is 3. The maximum atomic E-state index is 13.4. The zero-order valence-electron chi connectivity index (χ0n) is 10.9. The van der Waals surface area contributed by atoms with Gasteiger partial charge in [-0.3, -0.25) is 4.79 Å². The van der Waals surface area contributed by atoms with Gasteiger partial charge in [-0.2, -0.15) is 12.6 Å². The van der Waals surface area contributed by atoms with Crippen LogP contribution in [0, 0.1) is 12.7 Å². The number of carbonyl (C=O) groups excluding carboxylic acids is 1. The van der Waals surface area contributed by atoms with Gasteiger partial charge in [0, 0.05) is 10.3 Å². The normalized spacial score (nSPS) is 12.9. The second kappa shape index (κ2) is 5.61. The summed E-state index contributed by atoms with van der Waals surface area (Å²) in [5, 5.41) is 11.4. The number of halogens is 1. The molecule has 0 saturated heterocycles. The number of carbonyl (C=O) groups is 2. The number of benzene rings is 1. The first kappa shape index (κ1) is 15.5. The van der Waals surface area contributed by atoms with Gasteiger partial charge in [-0.25, -0.2) is 9.18 Å². The molecule has 0 aromatic heterocycles. The van der Waals surface area contributed by atoms with E-state index in [0.29, 0.717) is 5.56 Å². The number of rotatable bonds is 4. The Morgan fingerprint density at radius 2 is 2.00 bits per heavy atom. The first-order chi connectivity index (χ1) is 8.62. The predicted octanol–water partition coefficient (Wildman–Crippen LogP) is 2.03. The number of nitrogens with one attached hydrogen (secondary N) is 1. The van der Waals surface area contributed by atoms with E-state index in [9.17, 15) is 14.0 Å². The summed E-state index contributed by atoms with van der Waals surface area (Å²) in [5.41, 5.74) is 0.493. The molecule has 0 aliphatic heterocycles. The van der Waals surface area contributed by atoms with Crippen molar-refractivity contribution in [2.75, 3.05) is 0 Å². The fraction of sp³-hybridized carbons (Fsp3) is 0.385. The highest BCUT2D eigenvalue weighted by Gasteiger charge is 2.33. The Bertz CT molecular complexity index is 511. The average Bonchev–Trinajstić information content (AvgIpc) is 2.27. The van der Waals surface area contributed by atoms with Gasteiger partial charge in [-0.05, 0) is 38.5 Å². The quantitative estimate of drug-likeness (QED) is 0.742. The van der Waals surface area contributed by atoms with E-state index < -0.39 is 28.5 Å². The monoisotopic (exact) mass is 285 g/mol. The van der Waals surface area contributed by atoms with Crippen molar-refractivity contribution in [1.82, 2.24) is 5.32 Å². The average molecular weight is 285 g/mol. The van der Waals surface area contributed by atoms with E-state index in [1.165, 1.54) is 12.1 Å². The molecule has 6 heteroatoms. The maximum Gasteiger partial charge on any atom is 0.327 e. The number of amides is 1. The molecule has 0 spiro atoms. The van der Waals surface area contributed by atoms with E-state index in [2.05, 4.69) is 17.9 Å². The summed E-state index contributed by atoms with van der Waals surface area (Å²) in [7, 11) is 0. The van der Waals surface area contributed by atoms with Gasteiger partial charge in [-0.1, -0.05) is 6.07 Å². The molecule has 104 valence electrons. The molecule has 1 atom stereocenters. The summed E-state index contributed by atoms with van der Waals surface area (Å²) in [6.07, 6.45) is 0. The molecule has 0 saturated carbocycles. The lowest BCUT2D eigenvalue weighted by atomic mass is 10.0. The lowest BCUT2D eigenvalue weighted by molar-refractivity contribution is -0.139. The van der Waals surface area contributed by atoms with Gasteiger partial charge >= 0.3 is 5.97 Å². The number of carboxylic acid groups (broad SMARTS) is 1. The van der Waals surface area contributed by atoms with Crippen LogP contribution in [0.15, 0.2) is 18.2 Å². The van der Waals surface area contributed by atoms with Gasteiger partial charge in [0.25, 0.3) is 5.91 Å². The van der Waals surface area contributed by atoms with Crippen molar-refractivity contribution in [3.05, 3.63) is 35.1 Å². The Morgan fingerprint density at radius 3 is 2.42 bits per heavy atom. The molecule has 1 unspecified atom stereocenters. The van der Waals surface area contributed by atoms with Crippen LogP contribution < -0.4 is 5.32 Å². The van der Waals surface area contributed by atoms with E-state index in [4.69, 9.17) is 5.11 Å². The third kappa shape index (κ3) is 3.96. The van der Waals surface area contributed by atoms with Crippen LogP contribution in [0.2, 0.25) is 0 Å². The standard InChI is InChI=1S/C13H16FNO3S/c1-7-4-5-8(6-9(7)14)11(16)15-10(12(17)18)13(2,3)19/h4-6,10,19H,1-3H3,(H,15,16)(H,17,18). The number of hydrogen-bond acceptors (Lipinski definition) is 3. The van der Waals surface area contributed by atoms with Crippen molar-refractivity contribution in [1.29, 1.82) is 0 Å². The first-order valence-electron chi connectivity index (χ1n) is 5.65. The second-order valence-electron chi connectivity index (χ2n) is 4.86. The molecule has 2 N–H and O–H groups in total. The van der Waals surface area contributed by atoms with Crippen molar-refractivity contribution in [3.63, 3.8) is 0 Å². The van der Waals surface area contributed by atoms with Crippen molar-refractivity contribution >= 4 is 24.5 Å². The first-order valence-corrected chi connectivity index (χ1v) is 6.10. The van der Waals surface area contributed by atoms with Crippen LogP contribution in [-0.2, 0) is 4.79 Å². The summed E-state index contributed by atoms with van der Waals surface area (Å²) in [4.78, 5) is 23.0. The Balaban J connectivity index is 2.94. The van der Waals surface area contributed by atoms with Gasteiger partial charge in [-0.15, -0.1) is 0 Å². The topological polar surface area (TPSA) is 66.4 Å². The molecule has 0 fully saturated rings. The molecule has 0 heterocycles. The zero-order valence-corrected chi connectivity index (χ0v) is 11.8. The Kier molecular flexibility index (Phi) is 4.57. The van der Waals surface area contributed by atoms with Crippen LogP contribution in [0.25, 0.3) is 0 Å². The molecule has 19 heavy (non-hydrogen) atoms. The fourth-order valence-corrected chi connectivity index (χ4v) is 1.66. The summed E-state index contributed by atoms with van der Waals surface area (Å²) < 4.78 is 12.4. The zero-order chi connectivity index (χ0) is 14.8. The van der Waals surface area contributed by atoms with Gasteiger partial charge in [0.05, 0.1) is 0 Å². The largest absolute Gasteiger partial charge is 0.480 e. The van der Waals surface area contributed by atoms with E-state index in [1.807, 2.05) is 0 Å². The maximum absolute atomic E-state index is 13.4. The van der Waals surface area contributed by atoms with Crippen LogP contribution >= 0.6 is 12.6 Å². The molecule has 1 rings (SSSR count). The molecule has 1 aromatic rings. The molecular weight excluding hydrogens is 269 g/mol. The van der Waals surface area contributed by atoms with Crippen LogP contribution in [0.4, 0.5) is 4.39 Å². The minimum atomic E-state index is -1.19. The smallest absolute Gasteiger partial charge is 0.327 e. The van der Waals surface area contributed by atoms with Crippen LogP contribution in [0.1, 0.15) is 29.8 Å². The number of carboxylic acids is 1. The molecule has 1 amide bonds. The number of aryl methyl sites for hydroxylation is 1. The Hall–Kier alpha value is -1.56. The molecule has 0 aliphatic carbocycles. The third-order valence-corrected chi connectivity index (χ3v) is 2.92. The minimum absolute atomic E-state index is 0.0759. The summed E-state index contributed by atoms with van der Waals surface area (Å²) in [5.74, 6) is -2.35. The van der Waals surface area contributed by atoms with Crippen molar-refractivity contribution in [2.24, 2.45) is 0 Å². The molecule has 0 radical (unpaired) electrons. The second-order valence-corrected chi connectivity index (χ2v) is 6.01. The minimum Gasteiger partial charge on any atom is -0.480 e. The van der Waals surface area contributed by atoms with E-state index in [-0.39, 0.29) is 5.56 Å². The lowest BCUT2D eigenvalue weighted by Gasteiger charge is -2.26. The lowest BCUT2D eigenvalue weighted by Crippen LogP contribution is -2.51. The van der Waals surface area contributed by atoms with E-state index in [1.54, 1.807) is 20.8 Å². The SMILES string of the molecule is Cc1ccc(C(=O)NC(C(=O)O)C(C)(C)S)cc1F. The van der Waals surface area contributed by atoms with Crippen molar-refractivity contribution < 1.29 is 19.1 Å². The summed E-state index contributed by atoms with van der Waals surface area (Å²) in [6, 6.07) is 2.81. The van der Waals surface area contributed by atoms with Gasteiger partial charge in [0.2, 0.25) is 0 Å². The van der Waals surface area contributed by atoms with Crippen LogP contribution in [0.5, 0.6) is 0 Å². The molecule has 4 nitrogen and oxygen atoms in total. The molecule has 1 aromatic carbocycles. The number of aliphatic carboxylic acids is 1. The molecule has 0 aliphatic rings. The predicted molar refractivity (Wildman–Crippen MR) is 73.1 cm³/mol. The van der Waals surface area contributed by atoms with Gasteiger partial charge in [0.1, 0.15) is 11.9 Å². The van der Waals surface area contributed by atoms with Gasteiger partial charge in [0.15, 0.2) is 0 Å². The van der Waals surface area contributed by atoms with Crippen LogP contribution in [-0.4, -0.2) is 27.8 Å². The summed E-state index contributed by atoms with van der Waals surface area (Å²) >= 11 is 4.14. The Morgan fingerprint density at radius 1 is 1.42 bits per heavy atom. The molecule has 0 bridgehead atoms. The Labute approximate surface area is 116 Å². The third-order valence-electron chi connectivity index (χ3n) is 2.66. The fourth-order valence-electron chi connectivity index (χ4n) is 1.49. The summed E-state index contributed by atoms with van der Waals surface area (Å²) in [6.45, 7) is 4.73. The highest BCUT2D eigenvalue weighted by Crippen LogP contribution is 2.18. The highest BCUT2D eigenvalue weighted by atomic mass is 32.1. The van der Waals surface area contributed by atoms with Crippen molar-refractivity contribution in [2.45, 2.75) is 31.6 Å². The van der Waals surface area contributed by atoms with Crippen LogP contribution in [0.3, 0.4) is 0 Å². The highest BCUT2D eigenvalue weighted by molar-refractivity contribution is 7.81. The molecular formula is C13H16FNO3S. The van der Waals surface area contributed by atoms with Crippen molar-refractivity contribution in [3.8, 4) is 0 Å². The van der Waals surface area contributed by atoms with Gasteiger partial charge < -0.3 is 10.4 Å². The van der Waals surface area contributed by atoms with E-state index in [0.717, 1.165) is 6.07 Å².